The molecular weight excluding hydrogens is 568 g/mol. The van der Waals surface area contributed by atoms with E-state index in [9.17, 15) is 14.7 Å². The van der Waals surface area contributed by atoms with Gasteiger partial charge in [0.2, 0.25) is 0 Å². The number of allylic oxidation sites excluding steroid dienone is 1. The van der Waals surface area contributed by atoms with Crippen LogP contribution in [0, 0.1) is 0 Å². The standard InChI is InChI=1S/C29H37ClN4O8/c1-7-39-22-13-19(26-25(28(36)38-6)17(5)32-29(37)33-26)9-10-21(22)41-15-24(35)34-31-14-18-11-20(30)27(42-16(3)4)23(12-18)40-8-2/h9-14,16,24,26,34-35H,7-8,15H2,1-6H3,(H2,32,33,37)/b31-14+/t24-,26-/m0/s1. The highest BCUT2D eigenvalue weighted by Gasteiger charge is 2.32. The molecule has 0 radical (unpaired) electrons. The Morgan fingerprint density at radius 3 is 2.50 bits per heavy atom. The van der Waals surface area contributed by atoms with Gasteiger partial charge in [0.15, 0.2) is 29.2 Å². The molecule has 2 aromatic rings. The maximum absolute atomic E-state index is 12.4. The summed E-state index contributed by atoms with van der Waals surface area (Å²) in [6.07, 6.45) is 0.237. The number of methoxy groups -OCH3 is 1. The topological polar surface area (TPSA) is 149 Å². The fourth-order valence-corrected chi connectivity index (χ4v) is 4.36. The summed E-state index contributed by atoms with van der Waals surface area (Å²) in [5.41, 5.74) is 4.47. The van der Waals surface area contributed by atoms with E-state index in [0.717, 1.165) is 0 Å². The van der Waals surface area contributed by atoms with Gasteiger partial charge in [-0.3, -0.25) is 5.43 Å². The van der Waals surface area contributed by atoms with Gasteiger partial charge in [0.1, 0.15) is 6.61 Å². The third-order valence-electron chi connectivity index (χ3n) is 5.79. The molecule has 42 heavy (non-hydrogen) atoms. The Bertz CT molecular complexity index is 1330. The van der Waals surface area contributed by atoms with E-state index >= 15 is 0 Å². The normalized spacial score (nSPS) is 15.6. The number of amides is 2. The largest absolute Gasteiger partial charge is 0.490 e. The number of ether oxygens (including phenoxy) is 5. The van der Waals surface area contributed by atoms with E-state index in [0.29, 0.717) is 58.1 Å². The fraction of sp³-hybridized carbons (Fsp3) is 0.414. The van der Waals surface area contributed by atoms with Gasteiger partial charge in [-0.1, -0.05) is 17.7 Å². The molecule has 0 bridgehead atoms. The van der Waals surface area contributed by atoms with Gasteiger partial charge in [0, 0.05) is 5.70 Å². The van der Waals surface area contributed by atoms with Crippen molar-refractivity contribution in [1.29, 1.82) is 0 Å². The number of urea groups is 1. The van der Waals surface area contributed by atoms with Crippen LogP contribution in [0.25, 0.3) is 0 Å². The number of esters is 1. The number of rotatable bonds is 14. The first-order valence-corrected chi connectivity index (χ1v) is 13.8. The molecule has 2 aromatic carbocycles. The van der Waals surface area contributed by atoms with E-state index in [1.807, 2.05) is 27.7 Å². The Balaban J connectivity index is 1.70. The number of nitrogens with zero attached hydrogens (tertiary/aromatic N) is 1. The maximum Gasteiger partial charge on any atom is 0.337 e. The molecule has 1 aliphatic rings. The Kier molecular flexibility index (Phi) is 11.7. The zero-order valence-corrected chi connectivity index (χ0v) is 25.2. The van der Waals surface area contributed by atoms with Crippen LogP contribution in [-0.4, -0.2) is 62.6 Å². The summed E-state index contributed by atoms with van der Waals surface area (Å²) in [4.78, 5) is 24.6. The van der Waals surface area contributed by atoms with E-state index in [-0.39, 0.29) is 18.3 Å². The van der Waals surface area contributed by atoms with Gasteiger partial charge < -0.3 is 39.4 Å². The fourth-order valence-electron chi connectivity index (χ4n) is 4.10. The molecule has 1 heterocycles. The summed E-state index contributed by atoms with van der Waals surface area (Å²) in [6.45, 7) is 9.68. The first-order chi connectivity index (χ1) is 20.1. The van der Waals surface area contributed by atoms with Crippen molar-refractivity contribution in [2.75, 3.05) is 26.9 Å². The van der Waals surface area contributed by atoms with Gasteiger partial charge in [-0.15, -0.1) is 0 Å². The van der Waals surface area contributed by atoms with Crippen molar-refractivity contribution in [3.05, 3.63) is 57.8 Å². The van der Waals surface area contributed by atoms with E-state index < -0.39 is 24.3 Å². The molecule has 0 spiro atoms. The number of benzene rings is 2. The molecule has 13 heteroatoms. The van der Waals surface area contributed by atoms with Crippen molar-refractivity contribution in [2.45, 2.75) is 53.0 Å². The quantitative estimate of drug-likeness (QED) is 0.108. The Morgan fingerprint density at radius 1 is 1.12 bits per heavy atom. The predicted molar refractivity (Wildman–Crippen MR) is 157 cm³/mol. The minimum atomic E-state index is -1.17. The summed E-state index contributed by atoms with van der Waals surface area (Å²) in [5.74, 6) is 1.08. The Hall–Kier alpha value is -4.16. The van der Waals surface area contributed by atoms with E-state index in [2.05, 4.69) is 21.2 Å². The molecule has 12 nitrogen and oxygen atoms in total. The Labute approximate surface area is 250 Å². The minimum Gasteiger partial charge on any atom is -0.490 e. The summed E-state index contributed by atoms with van der Waals surface area (Å²) in [6, 6.07) is 7.19. The molecular formula is C29H37ClN4O8. The van der Waals surface area contributed by atoms with Crippen LogP contribution in [0.5, 0.6) is 23.0 Å². The van der Waals surface area contributed by atoms with Crippen LogP contribution in [0.4, 0.5) is 4.79 Å². The van der Waals surface area contributed by atoms with Crippen LogP contribution in [-0.2, 0) is 9.53 Å². The van der Waals surface area contributed by atoms with Gasteiger partial charge in [0.25, 0.3) is 0 Å². The van der Waals surface area contributed by atoms with Crippen molar-refractivity contribution in [2.24, 2.45) is 5.10 Å². The van der Waals surface area contributed by atoms with Gasteiger partial charge in [-0.25, -0.2) is 9.59 Å². The summed E-state index contributed by atoms with van der Waals surface area (Å²) in [7, 11) is 1.27. The SMILES string of the molecule is CCOc1cc([C@@H]2NC(=O)NC(C)=C2C(=O)OC)ccc1OC[C@H](O)N/N=C/c1cc(Cl)c(OC(C)C)c(OCC)c1. The predicted octanol–water partition coefficient (Wildman–Crippen LogP) is 4.05. The molecule has 2 atom stereocenters. The zero-order valence-electron chi connectivity index (χ0n) is 24.4. The lowest BCUT2D eigenvalue weighted by Crippen LogP contribution is -2.45. The molecule has 0 saturated carbocycles. The molecule has 0 aliphatic carbocycles. The molecule has 0 saturated heterocycles. The average molecular weight is 605 g/mol. The van der Waals surface area contributed by atoms with Gasteiger partial charge >= 0.3 is 12.0 Å². The van der Waals surface area contributed by atoms with E-state index in [1.54, 1.807) is 37.3 Å². The molecule has 4 N–H and O–H groups in total. The third kappa shape index (κ3) is 8.43. The second-order valence-electron chi connectivity index (χ2n) is 9.34. The average Bonchev–Trinajstić information content (AvgIpc) is 2.93. The lowest BCUT2D eigenvalue weighted by molar-refractivity contribution is -0.136. The summed E-state index contributed by atoms with van der Waals surface area (Å²) in [5, 5.41) is 20.2. The van der Waals surface area contributed by atoms with Gasteiger partial charge in [-0.2, -0.15) is 5.10 Å². The highest BCUT2D eigenvalue weighted by atomic mass is 35.5. The zero-order chi connectivity index (χ0) is 30.8. The number of hydrogen-bond donors (Lipinski definition) is 4. The van der Waals surface area contributed by atoms with Crippen LogP contribution in [0.2, 0.25) is 5.02 Å². The first-order valence-electron chi connectivity index (χ1n) is 13.4. The maximum atomic E-state index is 12.4. The monoisotopic (exact) mass is 604 g/mol. The summed E-state index contributed by atoms with van der Waals surface area (Å²) < 4.78 is 27.9. The number of aliphatic hydroxyl groups is 1. The molecule has 1 aliphatic heterocycles. The number of hydrazone groups is 1. The lowest BCUT2D eigenvalue weighted by atomic mass is 9.95. The van der Waals surface area contributed by atoms with Crippen molar-refractivity contribution in [3.63, 3.8) is 0 Å². The minimum absolute atomic E-state index is 0.0822. The summed E-state index contributed by atoms with van der Waals surface area (Å²) >= 11 is 6.40. The second-order valence-corrected chi connectivity index (χ2v) is 9.75. The van der Waals surface area contributed by atoms with Gasteiger partial charge in [-0.05, 0) is 70.0 Å². The number of aliphatic hydroxyl groups excluding tert-OH is 1. The van der Waals surface area contributed by atoms with Crippen molar-refractivity contribution < 1.29 is 38.4 Å². The number of carbonyl (C=O) groups is 2. The second kappa shape index (κ2) is 15.2. The third-order valence-corrected chi connectivity index (χ3v) is 6.08. The van der Waals surface area contributed by atoms with Crippen LogP contribution in [0.3, 0.4) is 0 Å². The number of halogens is 1. The van der Waals surface area contributed by atoms with Crippen molar-refractivity contribution in [3.8, 4) is 23.0 Å². The van der Waals surface area contributed by atoms with Crippen molar-refractivity contribution >= 4 is 29.8 Å². The molecule has 3 rings (SSSR count). The van der Waals surface area contributed by atoms with Gasteiger partial charge in [0.05, 0.1) is 49.3 Å². The number of nitrogens with one attached hydrogen (secondary N) is 3. The molecule has 228 valence electrons. The molecule has 2 amide bonds. The van der Waals surface area contributed by atoms with Crippen LogP contribution in [0.15, 0.2) is 46.7 Å². The number of carbonyl (C=O) groups excluding carboxylic acids is 2. The van der Waals surface area contributed by atoms with E-state index in [4.69, 9.17) is 35.3 Å². The Morgan fingerprint density at radius 2 is 1.83 bits per heavy atom. The first kappa shape index (κ1) is 32.4. The number of hydrogen-bond acceptors (Lipinski definition) is 10. The van der Waals surface area contributed by atoms with Crippen molar-refractivity contribution in [1.82, 2.24) is 16.1 Å². The van der Waals surface area contributed by atoms with Crippen LogP contribution in [0.1, 0.15) is 51.8 Å². The molecule has 0 unspecified atom stereocenters. The highest BCUT2D eigenvalue weighted by Crippen LogP contribution is 2.37. The van der Waals surface area contributed by atoms with Crippen LogP contribution < -0.4 is 35.0 Å². The van der Waals surface area contributed by atoms with Crippen LogP contribution >= 0.6 is 11.6 Å². The molecule has 0 fully saturated rings. The lowest BCUT2D eigenvalue weighted by Gasteiger charge is -2.28. The smallest absolute Gasteiger partial charge is 0.337 e. The highest BCUT2D eigenvalue weighted by molar-refractivity contribution is 6.32. The van der Waals surface area contributed by atoms with E-state index in [1.165, 1.54) is 13.3 Å². The molecule has 0 aromatic heterocycles.